The second-order valence-corrected chi connectivity index (χ2v) is 7.53. The molecule has 0 unspecified atom stereocenters. The van der Waals surface area contributed by atoms with Crippen molar-refractivity contribution in [2.45, 2.75) is 12.3 Å². The van der Waals surface area contributed by atoms with Crippen molar-refractivity contribution in [3.8, 4) is 17.1 Å². The summed E-state index contributed by atoms with van der Waals surface area (Å²) in [6.07, 6.45) is 0.310. The van der Waals surface area contributed by atoms with E-state index in [1.54, 1.807) is 24.1 Å². The van der Waals surface area contributed by atoms with E-state index in [2.05, 4.69) is 10.1 Å². The fraction of sp³-hybridized carbons (Fsp3) is 0.286. The number of methoxy groups -OCH3 is 1. The fourth-order valence-electron chi connectivity index (χ4n) is 3.37. The lowest BCUT2D eigenvalue weighted by Gasteiger charge is -2.17. The maximum atomic E-state index is 12.6. The normalized spacial score (nSPS) is 16.3. The summed E-state index contributed by atoms with van der Waals surface area (Å²) in [6, 6.07) is 13.2. The molecule has 0 N–H and O–H groups in total. The van der Waals surface area contributed by atoms with Crippen LogP contribution in [0.5, 0.6) is 5.75 Å². The Hall–Kier alpha value is -3.06. The highest BCUT2D eigenvalue weighted by molar-refractivity contribution is 6.32. The van der Waals surface area contributed by atoms with Gasteiger partial charge in [0.25, 0.3) is 0 Å². The highest BCUT2D eigenvalue weighted by Crippen LogP contribution is 2.35. The van der Waals surface area contributed by atoms with Gasteiger partial charge in [-0.1, -0.05) is 16.8 Å². The Balaban J connectivity index is 1.52. The zero-order chi connectivity index (χ0) is 20.5. The number of rotatable bonds is 5. The first-order valence-corrected chi connectivity index (χ1v) is 9.59. The number of nitrogens with zero attached hydrogens (tertiary/aromatic N) is 4. The topological polar surface area (TPSA) is 71.7 Å². The molecule has 1 aliphatic rings. The molecule has 1 amide bonds. The van der Waals surface area contributed by atoms with Gasteiger partial charge in [-0.2, -0.15) is 4.98 Å². The van der Waals surface area contributed by atoms with Crippen LogP contribution >= 0.6 is 11.6 Å². The van der Waals surface area contributed by atoms with Crippen LogP contribution in [0.1, 0.15) is 18.2 Å². The molecule has 2 heterocycles. The van der Waals surface area contributed by atoms with Gasteiger partial charge in [0.15, 0.2) is 0 Å². The van der Waals surface area contributed by atoms with E-state index in [4.69, 9.17) is 20.9 Å². The Labute approximate surface area is 173 Å². The molecule has 0 bridgehead atoms. The van der Waals surface area contributed by atoms with Crippen molar-refractivity contribution < 1.29 is 14.1 Å². The second-order valence-electron chi connectivity index (χ2n) is 7.12. The lowest BCUT2D eigenvalue weighted by molar-refractivity contribution is -0.117. The lowest BCUT2D eigenvalue weighted by atomic mass is 10.1. The third kappa shape index (κ3) is 3.78. The van der Waals surface area contributed by atoms with E-state index >= 15 is 0 Å². The number of halogens is 1. The summed E-state index contributed by atoms with van der Waals surface area (Å²) < 4.78 is 10.7. The van der Waals surface area contributed by atoms with Crippen LogP contribution in [0.2, 0.25) is 5.02 Å². The summed E-state index contributed by atoms with van der Waals surface area (Å²) >= 11 is 6.20. The van der Waals surface area contributed by atoms with Crippen LogP contribution in [-0.2, 0) is 4.79 Å². The van der Waals surface area contributed by atoms with Crippen LogP contribution in [0.4, 0.5) is 11.4 Å². The van der Waals surface area contributed by atoms with Crippen molar-refractivity contribution in [1.82, 2.24) is 10.1 Å². The second kappa shape index (κ2) is 7.75. The van der Waals surface area contributed by atoms with Gasteiger partial charge >= 0.3 is 0 Å². The van der Waals surface area contributed by atoms with Gasteiger partial charge in [-0.15, -0.1) is 0 Å². The number of carbonyl (C=O) groups excluding carboxylic acids is 1. The summed E-state index contributed by atoms with van der Waals surface area (Å²) in [5.74, 6) is 1.38. The highest BCUT2D eigenvalue weighted by atomic mass is 35.5. The third-order valence-electron chi connectivity index (χ3n) is 5.00. The Kier molecular flexibility index (Phi) is 5.15. The first-order valence-electron chi connectivity index (χ1n) is 9.21. The summed E-state index contributed by atoms with van der Waals surface area (Å²) in [6.45, 7) is 0.461. The summed E-state index contributed by atoms with van der Waals surface area (Å²) in [4.78, 5) is 20.8. The van der Waals surface area contributed by atoms with Crippen LogP contribution in [-0.4, -0.2) is 43.8 Å². The number of hydrogen-bond donors (Lipinski definition) is 0. The number of ether oxygens (including phenoxy) is 1. The van der Waals surface area contributed by atoms with Crippen molar-refractivity contribution >= 4 is 28.9 Å². The van der Waals surface area contributed by atoms with Crippen molar-refractivity contribution in [3.63, 3.8) is 0 Å². The summed E-state index contributed by atoms with van der Waals surface area (Å²) in [7, 11) is 5.53. The smallest absolute Gasteiger partial charge is 0.232 e. The monoisotopic (exact) mass is 412 g/mol. The maximum absolute atomic E-state index is 12.6. The maximum Gasteiger partial charge on any atom is 0.232 e. The largest absolute Gasteiger partial charge is 0.495 e. The van der Waals surface area contributed by atoms with Crippen molar-refractivity contribution in [3.05, 3.63) is 53.4 Å². The Morgan fingerprint density at radius 1 is 1.21 bits per heavy atom. The van der Waals surface area contributed by atoms with Crippen molar-refractivity contribution in [2.75, 3.05) is 37.5 Å². The molecule has 150 valence electrons. The predicted octanol–water partition coefficient (Wildman–Crippen LogP) is 3.99. The van der Waals surface area contributed by atoms with Gasteiger partial charge in [-0.3, -0.25) is 4.79 Å². The standard InChI is InChI=1S/C21H21ClN4O3/c1-25(2)15-6-4-13(5-7-15)20-23-21(29-24-20)14-10-19(27)26(12-14)16-8-9-18(28-3)17(22)11-16/h4-9,11,14H,10,12H2,1-3H3/t14-/m0/s1. The molecule has 1 aromatic heterocycles. The van der Waals surface area contributed by atoms with Gasteiger partial charge in [-0.05, 0) is 42.5 Å². The minimum atomic E-state index is -0.161. The number of hydrogen-bond acceptors (Lipinski definition) is 6. The zero-order valence-corrected chi connectivity index (χ0v) is 17.2. The molecule has 1 aliphatic heterocycles. The van der Waals surface area contributed by atoms with Gasteiger partial charge in [0.1, 0.15) is 5.75 Å². The van der Waals surface area contributed by atoms with Crippen LogP contribution < -0.4 is 14.5 Å². The Bertz CT molecular complexity index is 1030. The molecule has 29 heavy (non-hydrogen) atoms. The number of carbonyl (C=O) groups is 1. The van der Waals surface area contributed by atoms with E-state index in [9.17, 15) is 4.79 Å². The summed E-state index contributed by atoms with van der Waals surface area (Å²) in [5.41, 5.74) is 2.68. The summed E-state index contributed by atoms with van der Waals surface area (Å²) in [5, 5.41) is 4.56. The number of amides is 1. The van der Waals surface area contributed by atoms with Gasteiger partial charge in [0.05, 0.1) is 18.1 Å². The third-order valence-corrected chi connectivity index (χ3v) is 5.30. The van der Waals surface area contributed by atoms with Crippen LogP contribution in [0.25, 0.3) is 11.4 Å². The molecule has 2 aromatic carbocycles. The van der Waals surface area contributed by atoms with Gasteiger partial charge in [0, 0.05) is 44.0 Å². The van der Waals surface area contributed by atoms with E-state index < -0.39 is 0 Å². The Morgan fingerprint density at radius 3 is 2.62 bits per heavy atom. The van der Waals surface area contributed by atoms with Crippen LogP contribution in [0.3, 0.4) is 0 Å². The average Bonchev–Trinajstić information content (AvgIpc) is 3.35. The number of aromatic nitrogens is 2. The van der Waals surface area contributed by atoms with E-state index in [-0.39, 0.29) is 11.8 Å². The average molecular weight is 413 g/mol. The molecule has 8 heteroatoms. The predicted molar refractivity (Wildman–Crippen MR) is 112 cm³/mol. The molecular weight excluding hydrogens is 392 g/mol. The number of anilines is 2. The molecule has 7 nitrogen and oxygen atoms in total. The molecular formula is C21H21ClN4O3. The van der Waals surface area contributed by atoms with Crippen molar-refractivity contribution in [2.24, 2.45) is 0 Å². The quantitative estimate of drug-likeness (QED) is 0.631. The first-order chi connectivity index (χ1) is 14.0. The van der Waals surface area contributed by atoms with E-state index in [1.807, 2.05) is 49.3 Å². The van der Waals surface area contributed by atoms with E-state index in [0.717, 1.165) is 16.9 Å². The molecule has 1 saturated heterocycles. The van der Waals surface area contributed by atoms with Gasteiger partial charge in [-0.25, -0.2) is 0 Å². The highest BCUT2D eigenvalue weighted by Gasteiger charge is 2.35. The molecule has 0 radical (unpaired) electrons. The molecule has 1 atom stereocenters. The molecule has 3 aromatic rings. The Morgan fingerprint density at radius 2 is 1.97 bits per heavy atom. The van der Waals surface area contributed by atoms with Crippen LogP contribution in [0, 0.1) is 0 Å². The SMILES string of the molecule is COc1ccc(N2C[C@@H](c3nc(-c4ccc(N(C)C)cc4)no3)CC2=O)cc1Cl. The van der Waals surface area contributed by atoms with Gasteiger partial charge in [0.2, 0.25) is 17.6 Å². The molecule has 1 fully saturated rings. The molecule has 0 aliphatic carbocycles. The minimum Gasteiger partial charge on any atom is -0.495 e. The molecule has 0 saturated carbocycles. The molecule has 4 rings (SSSR count). The first kappa shape index (κ1) is 19.3. The zero-order valence-electron chi connectivity index (χ0n) is 16.4. The van der Waals surface area contributed by atoms with E-state index in [1.165, 1.54) is 0 Å². The van der Waals surface area contributed by atoms with E-state index in [0.29, 0.717) is 35.5 Å². The lowest BCUT2D eigenvalue weighted by Crippen LogP contribution is -2.24. The molecule has 0 spiro atoms. The van der Waals surface area contributed by atoms with Crippen LogP contribution in [0.15, 0.2) is 47.0 Å². The number of benzene rings is 2. The van der Waals surface area contributed by atoms with Crippen molar-refractivity contribution in [1.29, 1.82) is 0 Å². The fourth-order valence-corrected chi connectivity index (χ4v) is 3.62. The van der Waals surface area contributed by atoms with Gasteiger partial charge < -0.3 is 19.1 Å². The minimum absolute atomic E-state index is 0.00804.